The van der Waals surface area contributed by atoms with Gasteiger partial charge >= 0.3 is 0 Å². The van der Waals surface area contributed by atoms with Crippen molar-refractivity contribution in [3.63, 3.8) is 0 Å². The molecule has 3 heteroatoms. The molecule has 1 unspecified atom stereocenters. The molecule has 3 nitrogen and oxygen atoms in total. The fourth-order valence-corrected chi connectivity index (χ4v) is 1.11. The smallest absolute Gasteiger partial charge is 0.220 e. The Hall–Kier alpha value is -1.51. The lowest BCUT2D eigenvalue weighted by Gasteiger charge is -2.06. The first-order valence-electron chi connectivity index (χ1n) is 4.23. The summed E-state index contributed by atoms with van der Waals surface area (Å²) in [5.74, 6) is -0.388. The quantitative estimate of drug-likeness (QED) is 0.676. The highest BCUT2D eigenvalue weighted by Gasteiger charge is 2.08. The highest BCUT2D eigenvalue weighted by molar-refractivity contribution is 5.76. The molecule has 0 saturated carbocycles. The third-order valence-corrected chi connectivity index (χ3v) is 2.01. The minimum absolute atomic E-state index is 0.122. The molecule has 0 spiro atoms. The first-order chi connectivity index (χ1) is 6.09. The van der Waals surface area contributed by atoms with Crippen molar-refractivity contribution in [1.82, 2.24) is 0 Å². The number of carbonyl (C=O) groups is 1. The molecule has 0 fully saturated rings. The molecule has 0 aromatic heterocycles. The second kappa shape index (κ2) is 3.94. The number of nitrogens with two attached hydrogens (primary N) is 2. The van der Waals surface area contributed by atoms with Gasteiger partial charge in [-0.25, -0.2) is 0 Å². The van der Waals surface area contributed by atoms with Gasteiger partial charge in [0.2, 0.25) is 5.91 Å². The summed E-state index contributed by atoms with van der Waals surface area (Å²) in [5.41, 5.74) is 12.5. The number of hydrogen-bond acceptors (Lipinski definition) is 2. The van der Waals surface area contributed by atoms with Crippen LogP contribution in [0.4, 0.5) is 5.69 Å². The molecule has 1 aromatic rings. The maximum Gasteiger partial charge on any atom is 0.220 e. The van der Waals surface area contributed by atoms with E-state index < -0.39 is 0 Å². The van der Waals surface area contributed by atoms with Crippen LogP contribution in [0.2, 0.25) is 0 Å². The van der Waals surface area contributed by atoms with E-state index in [1.54, 1.807) is 0 Å². The molecule has 0 aliphatic carbocycles. The largest absolute Gasteiger partial charge is 0.399 e. The number of nitrogen functional groups attached to an aromatic ring is 1. The van der Waals surface area contributed by atoms with E-state index in [4.69, 9.17) is 11.5 Å². The van der Waals surface area contributed by atoms with Gasteiger partial charge in [0.25, 0.3) is 0 Å². The Balaban J connectivity index is 2.64. The van der Waals surface area contributed by atoms with Crippen LogP contribution in [0.15, 0.2) is 24.3 Å². The molecular weight excluding hydrogens is 164 g/mol. The molecule has 1 rings (SSSR count). The van der Waals surface area contributed by atoms with E-state index in [1.165, 1.54) is 0 Å². The maximum atomic E-state index is 10.8. The SMILES string of the molecule is CC(Cc1ccc(N)cc1)C(N)=O. The molecule has 4 N–H and O–H groups in total. The highest BCUT2D eigenvalue weighted by atomic mass is 16.1. The standard InChI is InChI=1S/C10H14N2O/c1-7(10(12)13)6-8-2-4-9(11)5-3-8/h2-5,7H,6,11H2,1H3,(H2,12,13). The first-order valence-corrected chi connectivity index (χ1v) is 4.23. The van der Waals surface area contributed by atoms with E-state index in [2.05, 4.69) is 0 Å². The monoisotopic (exact) mass is 178 g/mol. The zero-order valence-electron chi connectivity index (χ0n) is 7.66. The van der Waals surface area contributed by atoms with E-state index in [0.717, 1.165) is 11.3 Å². The molecule has 1 amide bonds. The third-order valence-electron chi connectivity index (χ3n) is 2.01. The Morgan fingerprint density at radius 3 is 2.38 bits per heavy atom. The zero-order valence-corrected chi connectivity index (χ0v) is 7.66. The highest BCUT2D eigenvalue weighted by Crippen LogP contribution is 2.10. The lowest BCUT2D eigenvalue weighted by Crippen LogP contribution is -2.22. The molecule has 1 aromatic carbocycles. The summed E-state index contributed by atoms with van der Waals surface area (Å²) in [4.78, 5) is 10.8. The summed E-state index contributed by atoms with van der Waals surface area (Å²) < 4.78 is 0. The normalized spacial score (nSPS) is 12.4. The van der Waals surface area contributed by atoms with Crippen molar-refractivity contribution in [3.05, 3.63) is 29.8 Å². The summed E-state index contributed by atoms with van der Waals surface area (Å²) in [6.45, 7) is 1.82. The van der Waals surface area contributed by atoms with Crippen LogP contribution in [0.1, 0.15) is 12.5 Å². The van der Waals surface area contributed by atoms with Crippen molar-refractivity contribution < 1.29 is 4.79 Å². The lowest BCUT2D eigenvalue weighted by atomic mass is 10.0. The Morgan fingerprint density at radius 2 is 1.92 bits per heavy atom. The Morgan fingerprint density at radius 1 is 1.38 bits per heavy atom. The number of hydrogen-bond donors (Lipinski definition) is 2. The average molecular weight is 178 g/mol. The predicted octanol–water partition coefficient (Wildman–Crippen LogP) is 0.933. The lowest BCUT2D eigenvalue weighted by molar-refractivity contribution is -0.121. The Kier molecular flexibility index (Phi) is 2.90. The van der Waals surface area contributed by atoms with Crippen LogP contribution in [0, 0.1) is 5.92 Å². The second-order valence-electron chi connectivity index (χ2n) is 3.25. The van der Waals surface area contributed by atoms with Crippen LogP contribution in [0.25, 0.3) is 0 Å². The van der Waals surface area contributed by atoms with Crippen molar-refractivity contribution in [3.8, 4) is 0 Å². The number of amides is 1. The number of benzene rings is 1. The van der Waals surface area contributed by atoms with Gasteiger partial charge in [0.05, 0.1) is 0 Å². The van der Waals surface area contributed by atoms with Gasteiger partial charge in [-0.15, -0.1) is 0 Å². The molecule has 70 valence electrons. The van der Waals surface area contributed by atoms with Gasteiger partial charge in [0, 0.05) is 11.6 Å². The summed E-state index contributed by atoms with van der Waals surface area (Å²) >= 11 is 0. The zero-order chi connectivity index (χ0) is 9.84. The van der Waals surface area contributed by atoms with Gasteiger partial charge in [-0.1, -0.05) is 19.1 Å². The fraction of sp³-hybridized carbons (Fsp3) is 0.300. The number of carbonyl (C=O) groups excluding carboxylic acids is 1. The van der Waals surface area contributed by atoms with Crippen LogP contribution in [0.5, 0.6) is 0 Å². The first kappa shape index (κ1) is 9.58. The molecular formula is C10H14N2O. The van der Waals surface area contributed by atoms with Crippen LogP contribution in [-0.4, -0.2) is 5.91 Å². The van der Waals surface area contributed by atoms with Crippen molar-refractivity contribution in [1.29, 1.82) is 0 Å². The minimum atomic E-state index is -0.267. The summed E-state index contributed by atoms with van der Waals surface area (Å²) in [5, 5.41) is 0. The molecule has 0 saturated heterocycles. The number of primary amides is 1. The minimum Gasteiger partial charge on any atom is -0.399 e. The van der Waals surface area contributed by atoms with E-state index in [9.17, 15) is 4.79 Å². The van der Waals surface area contributed by atoms with Crippen LogP contribution >= 0.6 is 0 Å². The van der Waals surface area contributed by atoms with E-state index in [1.807, 2.05) is 31.2 Å². The van der Waals surface area contributed by atoms with E-state index in [-0.39, 0.29) is 11.8 Å². The van der Waals surface area contributed by atoms with Gasteiger partial charge in [-0.05, 0) is 24.1 Å². The number of anilines is 1. The van der Waals surface area contributed by atoms with Gasteiger partial charge in [-0.2, -0.15) is 0 Å². The Bertz CT molecular complexity index is 292. The van der Waals surface area contributed by atoms with E-state index in [0.29, 0.717) is 6.42 Å². The van der Waals surface area contributed by atoms with Crippen LogP contribution < -0.4 is 11.5 Å². The molecule has 0 radical (unpaired) electrons. The summed E-state index contributed by atoms with van der Waals surface area (Å²) in [6.07, 6.45) is 0.676. The second-order valence-corrected chi connectivity index (χ2v) is 3.25. The van der Waals surface area contributed by atoms with Crippen molar-refractivity contribution in [2.24, 2.45) is 11.7 Å². The summed E-state index contributed by atoms with van der Waals surface area (Å²) in [7, 11) is 0. The molecule has 0 heterocycles. The third kappa shape index (κ3) is 2.78. The maximum absolute atomic E-state index is 10.8. The van der Waals surface area contributed by atoms with Crippen molar-refractivity contribution in [2.45, 2.75) is 13.3 Å². The van der Waals surface area contributed by atoms with Gasteiger partial charge < -0.3 is 11.5 Å². The topological polar surface area (TPSA) is 69.1 Å². The molecule has 0 aliphatic heterocycles. The molecule has 1 atom stereocenters. The number of rotatable bonds is 3. The van der Waals surface area contributed by atoms with Crippen LogP contribution in [0.3, 0.4) is 0 Å². The molecule has 13 heavy (non-hydrogen) atoms. The van der Waals surface area contributed by atoms with E-state index >= 15 is 0 Å². The Labute approximate surface area is 77.7 Å². The predicted molar refractivity (Wildman–Crippen MR) is 52.9 cm³/mol. The van der Waals surface area contributed by atoms with Crippen molar-refractivity contribution >= 4 is 11.6 Å². The fourth-order valence-electron chi connectivity index (χ4n) is 1.11. The molecule has 0 aliphatic rings. The summed E-state index contributed by atoms with van der Waals surface area (Å²) in [6, 6.07) is 7.47. The van der Waals surface area contributed by atoms with Crippen LogP contribution in [-0.2, 0) is 11.2 Å². The average Bonchev–Trinajstić information content (AvgIpc) is 2.08. The van der Waals surface area contributed by atoms with Gasteiger partial charge in [0.1, 0.15) is 0 Å². The van der Waals surface area contributed by atoms with Gasteiger partial charge in [-0.3, -0.25) is 4.79 Å². The molecule has 0 bridgehead atoms. The van der Waals surface area contributed by atoms with Gasteiger partial charge in [0.15, 0.2) is 0 Å². The van der Waals surface area contributed by atoms with Crippen molar-refractivity contribution in [2.75, 3.05) is 5.73 Å².